The van der Waals surface area contributed by atoms with E-state index in [-0.39, 0.29) is 31.1 Å². The van der Waals surface area contributed by atoms with E-state index in [0.717, 1.165) is 109 Å². The first kappa shape index (κ1) is 73.6. The summed E-state index contributed by atoms with van der Waals surface area (Å²) in [7, 11) is 0. The van der Waals surface area contributed by atoms with E-state index in [1.165, 1.54) is 180 Å². The van der Waals surface area contributed by atoms with Crippen molar-refractivity contribution in [1.82, 2.24) is 0 Å². The Labute approximate surface area is 477 Å². The monoisotopic (exact) mass is 1070 g/mol. The lowest BCUT2D eigenvalue weighted by Gasteiger charge is -2.18. The van der Waals surface area contributed by atoms with Gasteiger partial charge in [-0.2, -0.15) is 0 Å². The third-order valence-electron chi connectivity index (χ3n) is 14.4. The maximum Gasteiger partial charge on any atom is 0.306 e. The molecule has 0 aliphatic carbocycles. The topological polar surface area (TPSA) is 78.9 Å². The molecular weight excluding hydrogens is 949 g/mol. The van der Waals surface area contributed by atoms with E-state index < -0.39 is 6.10 Å². The first-order valence-corrected chi connectivity index (χ1v) is 33.1. The molecule has 0 aromatic carbocycles. The molecule has 0 spiro atoms. The van der Waals surface area contributed by atoms with E-state index >= 15 is 0 Å². The van der Waals surface area contributed by atoms with Crippen LogP contribution in [0.4, 0.5) is 0 Å². The third kappa shape index (κ3) is 63.3. The molecule has 0 aliphatic heterocycles. The van der Waals surface area contributed by atoms with E-state index in [4.69, 9.17) is 14.2 Å². The van der Waals surface area contributed by atoms with Crippen molar-refractivity contribution in [1.29, 1.82) is 0 Å². The van der Waals surface area contributed by atoms with Gasteiger partial charge in [0.05, 0.1) is 0 Å². The Hall–Kier alpha value is -3.41. The fourth-order valence-corrected chi connectivity index (χ4v) is 9.40. The zero-order chi connectivity index (χ0) is 55.7. The minimum Gasteiger partial charge on any atom is -0.462 e. The second-order valence-corrected chi connectivity index (χ2v) is 22.0. The lowest BCUT2D eigenvalue weighted by atomic mass is 10.0. The van der Waals surface area contributed by atoms with Crippen LogP contribution in [-0.2, 0) is 28.6 Å². The predicted octanol–water partition coefficient (Wildman–Crippen LogP) is 22.7. The Bertz CT molecular complexity index is 1470. The Morgan fingerprint density at radius 3 is 0.805 bits per heavy atom. The average molecular weight is 1070 g/mol. The lowest BCUT2D eigenvalue weighted by Crippen LogP contribution is -2.30. The number of rotatable bonds is 60. The number of allylic oxidation sites excluding steroid dienone is 14. The molecule has 1 atom stereocenters. The number of carbonyl (C=O) groups excluding carboxylic acids is 3. The minimum atomic E-state index is -0.782. The number of hydrogen-bond donors (Lipinski definition) is 0. The van der Waals surface area contributed by atoms with Crippen molar-refractivity contribution in [3.63, 3.8) is 0 Å². The van der Waals surface area contributed by atoms with Crippen molar-refractivity contribution in [2.75, 3.05) is 13.2 Å². The van der Waals surface area contributed by atoms with E-state index in [1.54, 1.807) is 0 Å². The number of hydrogen-bond acceptors (Lipinski definition) is 6. The Balaban J connectivity index is 4.12. The summed E-state index contributed by atoms with van der Waals surface area (Å²) >= 11 is 0. The van der Waals surface area contributed by atoms with Gasteiger partial charge >= 0.3 is 17.9 Å². The average Bonchev–Trinajstić information content (AvgIpc) is 3.43. The predicted molar refractivity (Wildman–Crippen MR) is 334 cm³/mol. The van der Waals surface area contributed by atoms with Crippen LogP contribution >= 0.6 is 0 Å². The van der Waals surface area contributed by atoms with E-state index in [2.05, 4.69) is 106 Å². The van der Waals surface area contributed by atoms with Crippen LogP contribution < -0.4 is 0 Å². The maximum absolute atomic E-state index is 12.9. The zero-order valence-corrected chi connectivity index (χ0v) is 51.0. The van der Waals surface area contributed by atoms with Gasteiger partial charge in [0.15, 0.2) is 6.10 Å². The number of ether oxygens (including phenoxy) is 3. The van der Waals surface area contributed by atoms with Gasteiger partial charge in [-0.25, -0.2) is 0 Å². The van der Waals surface area contributed by atoms with Gasteiger partial charge in [0.25, 0.3) is 0 Å². The fraction of sp³-hybridized carbons (Fsp3) is 0.761. The van der Waals surface area contributed by atoms with Gasteiger partial charge < -0.3 is 14.2 Å². The standard InChI is InChI=1S/C71H124O6/c1-4-7-10-13-16-19-22-25-26-27-28-29-30-31-32-33-34-35-36-37-38-39-40-41-42-43-44-47-49-52-55-58-61-64-70(73)76-67-68(77-71(74)65-62-59-56-53-50-46-24-21-18-15-12-9-6-3)66-75-69(72)63-60-57-54-51-48-45-23-20-17-14-11-8-5-2/h7,10,16,19-21,23-26,28-29,31-32,68H,4-6,8-9,11-15,17-18,22,27,30,33-67H2,1-3H3/b10-7-,19-16-,23-20-,24-21-,26-25-,29-28-,32-31-. The van der Waals surface area contributed by atoms with Crippen LogP contribution in [-0.4, -0.2) is 37.2 Å². The summed E-state index contributed by atoms with van der Waals surface area (Å²) < 4.78 is 16.9. The molecule has 0 aliphatic rings. The van der Waals surface area contributed by atoms with Crippen molar-refractivity contribution >= 4 is 17.9 Å². The van der Waals surface area contributed by atoms with Crippen LogP contribution in [0.15, 0.2) is 85.1 Å². The molecule has 444 valence electrons. The van der Waals surface area contributed by atoms with Crippen LogP contribution in [0, 0.1) is 0 Å². The third-order valence-corrected chi connectivity index (χ3v) is 14.4. The first-order valence-electron chi connectivity index (χ1n) is 33.1. The molecule has 0 saturated heterocycles. The molecule has 0 fully saturated rings. The molecule has 0 aromatic rings. The van der Waals surface area contributed by atoms with Gasteiger partial charge in [-0.3, -0.25) is 14.4 Å². The molecule has 0 N–H and O–H groups in total. The zero-order valence-electron chi connectivity index (χ0n) is 51.0. The molecular formula is C71H124O6. The largest absolute Gasteiger partial charge is 0.462 e. The molecule has 1 unspecified atom stereocenters. The molecule has 6 heteroatoms. The Morgan fingerprint density at radius 1 is 0.273 bits per heavy atom. The summed E-state index contributed by atoms with van der Waals surface area (Å²) in [6.45, 7) is 6.51. The van der Waals surface area contributed by atoms with Crippen molar-refractivity contribution in [2.24, 2.45) is 0 Å². The molecule has 0 radical (unpaired) electrons. The van der Waals surface area contributed by atoms with Gasteiger partial charge in [-0.15, -0.1) is 0 Å². The smallest absolute Gasteiger partial charge is 0.306 e. The molecule has 0 amide bonds. The number of esters is 3. The van der Waals surface area contributed by atoms with Crippen molar-refractivity contribution in [2.45, 2.75) is 335 Å². The minimum absolute atomic E-state index is 0.0787. The van der Waals surface area contributed by atoms with Gasteiger partial charge in [0.1, 0.15) is 13.2 Å². The molecule has 0 aromatic heterocycles. The quantitative estimate of drug-likeness (QED) is 0.0261. The summed E-state index contributed by atoms with van der Waals surface area (Å²) in [6, 6.07) is 0. The Morgan fingerprint density at radius 2 is 0.506 bits per heavy atom. The van der Waals surface area contributed by atoms with Crippen LogP contribution in [0.1, 0.15) is 329 Å². The number of unbranched alkanes of at least 4 members (excludes halogenated alkanes) is 35. The first-order chi connectivity index (χ1) is 38.0. The van der Waals surface area contributed by atoms with E-state index in [1.807, 2.05) is 0 Å². The SMILES string of the molecule is CC/C=C\C/C=C\C/C=C\C/C=C\C/C=C\CCCCCCCCCCCCCCCCCCCC(=O)OCC(COC(=O)CCCCCCC/C=C\CCCCCC)OC(=O)CCCCCCC/C=C\CCCCCC. The van der Waals surface area contributed by atoms with Crippen molar-refractivity contribution in [3.05, 3.63) is 85.1 Å². The van der Waals surface area contributed by atoms with Crippen molar-refractivity contribution in [3.8, 4) is 0 Å². The summed E-state index contributed by atoms with van der Waals surface area (Å²) in [5.41, 5.74) is 0. The normalized spacial score (nSPS) is 12.6. The summed E-state index contributed by atoms with van der Waals surface area (Å²) in [4.78, 5) is 38.2. The van der Waals surface area contributed by atoms with Crippen LogP contribution in [0.3, 0.4) is 0 Å². The highest BCUT2D eigenvalue weighted by molar-refractivity contribution is 5.71. The van der Waals surface area contributed by atoms with Gasteiger partial charge in [-0.1, -0.05) is 279 Å². The highest BCUT2D eigenvalue weighted by Gasteiger charge is 2.19. The molecule has 0 heterocycles. The molecule has 6 nitrogen and oxygen atoms in total. The highest BCUT2D eigenvalue weighted by Crippen LogP contribution is 2.17. The van der Waals surface area contributed by atoms with Gasteiger partial charge in [-0.05, 0) is 116 Å². The fourth-order valence-electron chi connectivity index (χ4n) is 9.40. The second kappa shape index (κ2) is 65.1. The highest BCUT2D eigenvalue weighted by atomic mass is 16.6. The van der Waals surface area contributed by atoms with E-state index in [0.29, 0.717) is 19.3 Å². The van der Waals surface area contributed by atoms with Gasteiger partial charge in [0, 0.05) is 19.3 Å². The van der Waals surface area contributed by atoms with Crippen LogP contribution in [0.25, 0.3) is 0 Å². The molecule has 0 saturated carbocycles. The number of carbonyl (C=O) groups is 3. The summed E-state index contributed by atoms with van der Waals surface area (Å²) in [5, 5.41) is 0. The maximum atomic E-state index is 12.9. The van der Waals surface area contributed by atoms with E-state index in [9.17, 15) is 14.4 Å². The summed E-state index contributed by atoms with van der Waals surface area (Å²) in [6.07, 6.45) is 86.1. The second-order valence-electron chi connectivity index (χ2n) is 22.0. The molecule has 77 heavy (non-hydrogen) atoms. The summed E-state index contributed by atoms with van der Waals surface area (Å²) in [5.74, 6) is -0.883. The van der Waals surface area contributed by atoms with Crippen LogP contribution in [0.2, 0.25) is 0 Å². The molecule has 0 rings (SSSR count). The molecule has 0 bridgehead atoms. The van der Waals surface area contributed by atoms with Crippen molar-refractivity contribution < 1.29 is 28.6 Å². The Kier molecular flexibility index (Phi) is 62.2. The lowest BCUT2D eigenvalue weighted by molar-refractivity contribution is -0.167. The van der Waals surface area contributed by atoms with Crippen LogP contribution in [0.5, 0.6) is 0 Å². The van der Waals surface area contributed by atoms with Gasteiger partial charge in [0.2, 0.25) is 0 Å².